The molecule has 1 amide bonds. The summed E-state index contributed by atoms with van der Waals surface area (Å²) in [4.78, 5) is 20.9. The number of hydrogen-bond acceptors (Lipinski definition) is 4. The minimum absolute atomic E-state index is 0. The molecule has 1 aliphatic rings. The van der Waals surface area contributed by atoms with Crippen LogP contribution in [-0.4, -0.2) is 28.9 Å². The highest BCUT2D eigenvalue weighted by atomic mass is 35.5. The van der Waals surface area contributed by atoms with Gasteiger partial charge in [-0.15, -0.1) is 12.4 Å². The Labute approximate surface area is 234 Å². The standard InChI is InChI=1S/C30H31ClN4O2.ClH/c1-20-8-10-23(11-9-20)30(36)34(17-5-16-32)29(22-12-13-22)28-27(18-21-6-3-2-4-7-21)35(37)26-15-14-24(31)19-25(26)33-28;/h2-4,6-11,14-15,19,22,29H,5,12-13,16-18,32H2,1H3;1H. The van der Waals surface area contributed by atoms with Gasteiger partial charge in [0, 0.05) is 23.2 Å². The Kier molecular flexibility index (Phi) is 8.87. The zero-order valence-electron chi connectivity index (χ0n) is 21.3. The van der Waals surface area contributed by atoms with E-state index in [1.54, 1.807) is 18.2 Å². The van der Waals surface area contributed by atoms with Gasteiger partial charge in [0.15, 0.2) is 0 Å². The van der Waals surface area contributed by atoms with Crippen molar-refractivity contribution in [3.63, 3.8) is 0 Å². The van der Waals surface area contributed by atoms with E-state index in [2.05, 4.69) is 0 Å². The Morgan fingerprint density at radius 1 is 1.13 bits per heavy atom. The van der Waals surface area contributed by atoms with Gasteiger partial charge in [0.2, 0.25) is 11.2 Å². The molecule has 0 radical (unpaired) electrons. The molecule has 1 aromatic heterocycles. The normalized spacial score (nSPS) is 13.7. The lowest BCUT2D eigenvalue weighted by atomic mass is 9.98. The molecule has 1 fully saturated rings. The topological polar surface area (TPSA) is 86.2 Å². The first-order chi connectivity index (χ1) is 18.0. The van der Waals surface area contributed by atoms with Gasteiger partial charge in [-0.2, -0.15) is 4.73 Å². The molecule has 3 aromatic carbocycles. The van der Waals surface area contributed by atoms with E-state index < -0.39 is 0 Å². The maximum absolute atomic E-state index is 13.9. The molecular weight excluding hydrogens is 519 g/mol. The third kappa shape index (κ3) is 5.93. The predicted octanol–water partition coefficient (Wildman–Crippen LogP) is 5.78. The minimum Gasteiger partial charge on any atom is -0.618 e. The van der Waals surface area contributed by atoms with Crippen molar-refractivity contribution in [1.29, 1.82) is 0 Å². The number of aryl methyl sites for hydroxylation is 1. The summed E-state index contributed by atoms with van der Waals surface area (Å²) in [5.74, 6) is 0.160. The lowest BCUT2D eigenvalue weighted by molar-refractivity contribution is -0.586. The molecule has 1 unspecified atom stereocenters. The molecule has 1 saturated carbocycles. The SMILES string of the molecule is Cc1ccc(C(=O)N(CCCN)C(c2nc3cc(Cl)ccc3[n+]([O-])c2Cc2ccccc2)C2CC2)cc1.Cl. The first-order valence-electron chi connectivity index (χ1n) is 12.8. The van der Waals surface area contributed by atoms with E-state index in [4.69, 9.17) is 22.3 Å². The van der Waals surface area contributed by atoms with Gasteiger partial charge < -0.3 is 15.8 Å². The summed E-state index contributed by atoms with van der Waals surface area (Å²) >= 11 is 6.29. The van der Waals surface area contributed by atoms with Gasteiger partial charge in [-0.05, 0) is 68.5 Å². The molecule has 0 spiro atoms. The van der Waals surface area contributed by atoms with Crippen LogP contribution in [0.5, 0.6) is 0 Å². The fourth-order valence-corrected chi connectivity index (χ4v) is 5.08. The van der Waals surface area contributed by atoms with Crippen molar-refractivity contribution in [3.8, 4) is 0 Å². The van der Waals surface area contributed by atoms with Crippen molar-refractivity contribution in [2.45, 2.75) is 38.6 Å². The average Bonchev–Trinajstić information content (AvgIpc) is 3.74. The number of carbonyl (C=O) groups is 1. The van der Waals surface area contributed by atoms with Gasteiger partial charge in [0.25, 0.3) is 5.91 Å². The largest absolute Gasteiger partial charge is 0.618 e. The molecule has 0 saturated heterocycles. The maximum atomic E-state index is 13.9. The molecule has 1 aliphatic carbocycles. The quantitative estimate of drug-likeness (QED) is 0.211. The summed E-state index contributed by atoms with van der Waals surface area (Å²) in [6.45, 7) is 2.96. The van der Waals surface area contributed by atoms with E-state index in [1.165, 1.54) is 0 Å². The number of benzene rings is 3. The number of rotatable bonds is 9. The van der Waals surface area contributed by atoms with Gasteiger partial charge in [-0.25, -0.2) is 4.98 Å². The third-order valence-electron chi connectivity index (χ3n) is 7.00. The number of fused-ring (bicyclic) bond motifs is 1. The monoisotopic (exact) mass is 550 g/mol. The highest BCUT2D eigenvalue weighted by Gasteiger charge is 2.43. The molecule has 1 atom stereocenters. The highest BCUT2D eigenvalue weighted by molar-refractivity contribution is 6.31. The van der Waals surface area contributed by atoms with E-state index in [9.17, 15) is 10.0 Å². The molecule has 1 heterocycles. The Morgan fingerprint density at radius 3 is 2.50 bits per heavy atom. The predicted molar refractivity (Wildman–Crippen MR) is 154 cm³/mol. The molecule has 6 nitrogen and oxygen atoms in total. The number of nitrogens with two attached hydrogens (primary N) is 1. The fraction of sp³-hybridized carbons (Fsp3) is 0.300. The zero-order chi connectivity index (χ0) is 25.9. The van der Waals surface area contributed by atoms with Crippen LogP contribution in [0.2, 0.25) is 5.02 Å². The Hall–Kier alpha value is -3.19. The molecule has 2 N–H and O–H groups in total. The summed E-state index contributed by atoms with van der Waals surface area (Å²) in [5, 5.41) is 14.4. The number of hydrogen-bond donors (Lipinski definition) is 1. The van der Waals surface area contributed by atoms with Crippen molar-refractivity contribution in [2.75, 3.05) is 13.1 Å². The fourth-order valence-electron chi connectivity index (χ4n) is 4.92. The Morgan fingerprint density at radius 2 is 1.84 bits per heavy atom. The summed E-state index contributed by atoms with van der Waals surface area (Å²) in [7, 11) is 0. The number of nitrogens with zero attached hydrogens (tertiary/aromatic N) is 3. The molecule has 0 bridgehead atoms. The van der Waals surface area contributed by atoms with Crippen LogP contribution >= 0.6 is 24.0 Å². The number of carbonyl (C=O) groups excluding carboxylic acids is 1. The van der Waals surface area contributed by atoms with Crippen LogP contribution in [0.15, 0.2) is 72.8 Å². The van der Waals surface area contributed by atoms with Crippen LogP contribution in [-0.2, 0) is 6.42 Å². The maximum Gasteiger partial charge on any atom is 0.254 e. The molecular formula is C30H32Cl2N4O2. The van der Waals surface area contributed by atoms with E-state index in [0.29, 0.717) is 58.9 Å². The smallest absolute Gasteiger partial charge is 0.254 e. The van der Waals surface area contributed by atoms with Crippen molar-refractivity contribution in [1.82, 2.24) is 9.88 Å². The molecule has 8 heteroatoms. The third-order valence-corrected chi connectivity index (χ3v) is 7.23. The van der Waals surface area contributed by atoms with Crippen LogP contribution < -0.4 is 10.5 Å². The molecule has 4 aromatic rings. The summed E-state index contributed by atoms with van der Waals surface area (Å²) in [6.07, 6.45) is 3.03. The van der Waals surface area contributed by atoms with Gasteiger partial charge in [-0.1, -0.05) is 59.6 Å². The lowest BCUT2D eigenvalue weighted by Crippen LogP contribution is -2.42. The molecule has 198 valence electrons. The van der Waals surface area contributed by atoms with Crippen LogP contribution in [0.1, 0.15) is 58.2 Å². The summed E-state index contributed by atoms with van der Waals surface area (Å²) in [5.41, 5.74) is 10.8. The van der Waals surface area contributed by atoms with Crippen LogP contribution in [0.3, 0.4) is 0 Å². The van der Waals surface area contributed by atoms with Crippen molar-refractivity contribution >= 4 is 40.9 Å². The number of halogens is 2. The molecule has 38 heavy (non-hydrogen) atoms. The number of aromatic nitrogens is 2. The van der Waals surface area contributed by atoms with Crippen molar-refractivity contribution in [3.05, 3.63) is 111 Å². The molecule has 0 aliphatic heterocycles. The molecule has 5 rings (SSSR count). The van der Waals surface area contributed by atoms with E-state index in [0.717, 1.165) is 28.7 Å². The highest BCUT2D eigenvalue weighted by Crippen LogP contribution is 2.45. The zero-order valence-corrected chi connectivity index (χ0v) is 22.9. The average molecular weight is 552 g/mol. The number of amides is 1. The Bertz CT molecular complexity index is 1410. The second kappa shape index (κ2) is 12.1. The summed E-state index contributed by atoms with van der Waals surface area (Å²) < 4.78 is 0.980. The van der Waals surface area contributed by atoms with E-state index >= 15 is 0 Å². The second-order valence-corrected chi connectivity index (χ2v) is 10.3. The second-order valence-electron chi connectivity index (χ2n) is 9.82. The van der Waals surface area contributed by atoms with E-state index in [1.807, 2.05) is 66.4 Å². The Balaban J connectivity index is 0.00000336. The van der Waals surface area contributed by atoms with Gasteiger partial charge in [0.1, 0.15) is 11.2 Å². The van der Waals surface area contributed by atoms with Crippen molar-refractivity contribution in [2.24, 2.45) is 11.7 Å². The van der Waals surface area contributed by atoms with Gasteiger partial charge >= 0.3 is 0 Å². The first kappa shape index (κ1) is 27.8. The van der Waals surface area contributed by atoms with Crippen LogP contribution in [0, 0.1) is 18.0 Å². The minimum atomic E-state index is -0.331. The summed E-state index contributed by atoms with van der Waals surface area (Å²) in [6, 6.07) is 22.3. The van der Waals surface area contributed by atoms with Gasteiger partial charge in [-0.3, -0.25) is 4.79 Å². The first-order valence-corrected chi connectivity index (χ1v) is 13.2. The lowest BCUT2D eigenvalue weighted by Gasteiger charge is -2.32. The van der Waals surface area contributed by atoms with Crippen molar-refractivity contribution < 1.29 is 9.52 Å². The van der Waals surface area contributed by atoms with Crippen LogP contribution in [0.4, 0.5) is 0 Å². The van der Waals surface area contributed by atoms with Gasteiger partial charge in [0.05, 0.1) is 12.5 Å². The van der Waals surface area contributed by atoms with Crippen LogP contribution in [0.25, 0.3) is 11.0 Å². The van der Waals surface area contributed by atoms with E-state index in [-0.39, 0.29) is 30.3 Å².